The number of carboxylic acids is 1. The fraction of sp³-hybridized carbons (Fsp3) is 0.294. The Hall–Kier alpha value is -3.56. The molecule has 2 N–H and O–H groups in total. The number of esters is 1. The quantitative estimate of drug-likeness (QED) is 0.382. The number of carbonyl (C=O) groups excluding carboxylic acids is 3. The van der Waals surface area contributed by atoms with Crippen LogP contribution >= 0.6 is 0 Å². The van der Waals surface area contributed by atoms with Crippen molar-refractivity contribution in [2.24, 2.45) is 0 Å². The van der Waals surface area contributed by atoms with Gasteiger partial charge >= 0.3 is 18.0 Å². The van der Waals surface area contributed by atoms with Crippen molar-refractivity contribution in [1.82, 2.24) is 10.2 Å². The zero-order chi connectivity index (χ0) is 20.0. The molecule has 1 aliphatic heterocycles. The molecule has 1 aliphatic rings. The Bertz CT molecular complexity index is 802. The molecule has 0 aliphatic carbocycles. The Morgan fingerprint density at radius 1 is 1.22 bits per heavy atom. The predicted octanol–water partition coefficient (Wildman–Crippen LogP) is 0.614. The third-order valence-corrected chi connectivity index (χ3v) is 3.41. The van der Waals surface area contributed by atoms with Crippen molar-refractivity contribution in [2.45, 2.75) is 6.92 Å². The highest BCUT2D eigenvalue weighted by atomic mass is 16.6. The maximum absolute atomic E-state index is 12.1. The van der Waals surface area contributed by atoms with Crippen molar-refractivity contribution in [1.29, 1.82) is 0 Å². The number of rotatable bonds is 8. The Morgan fingerprint density at radius 3 is 2.59 bits per heavy atom. The van der Waals surface area contributed by atoms with Gasteiger partial charge in [0.15, 0.2) is 18.1 Å². The first-order chi connectivity index (χ1) is 12.8. The Kier molecular flexibility index (Phi) is 6.36. The Morgan fingerprint density at radius 2 is 1.96 bits per heavy atom. The number of nitrogens with one attached hydrogen (secondary N) is 1. The van der Waals surface area contributed by atoms with Gasteiger partial charge in [-0.05, 0) is 30.7 Å². The Labute approximate surface area is 154 Å². The van der Waals surface area contributed by atoms with Gasteiger partial charge in [0.1, 0.15) is 12.2 Å². The number of methoxy groups -OCH3 is 1. The lowest BCUT2D eigenvalue weighted by atomic mass is 10.1. The second-order valence-electron chi connectivity index (χ2n) is 5.28. The predicted molar refractivity (Wildman–Crippen MR) is 91.0 cm³/mol. The van der Waals surface area contributed by atoms with Crippen molar-refractivity contribution in [3.05, 3.63) is 29.5 Å². The highest BCUT2D eigenvalue weighted by molar-refractivity contribution is 6.15. The summed E-state index contributed by atoms with van der Waals surface area (Å²) in [5.74, 6) is -1.97. The molecule has 27 heavy (non-hydrogen) atoms. The van der Waals surface area contributed by atoms with E-state index >= 15 is 0 Å². The topological polar surface area (TPSA) is 131 Å². The second kappa shape index (κ2) is 8.70. The van der Waals surface area contributed by atoms with Gasteiger partial charge in [-0.25, -0.2) is 14.5 Å². The highest BCUT2D eigenvalue weighted by Crippen LogP contribution is 2.29. The lowest BCUT2D eigenvalue weighted by molar-refractivity contribution is -0.143. The van der Waals surface area contributed by atoms with Gasteiger partial charge in [-0.2, -0.15) is 0 Å². The molecule has 0 bridgehead atoms. The summed E-state index contributed by atoms with van der Waals surface area (Å²) in [7, 11) is 1.24. The number of hydrogen-bond donors (Lipinski definition) is 2. The highest BCUT2D eigenvalue weighted by Gasteiger charge is 2.34. The Balaban J connectivity index is 2.23. The zero-order valence-electron chi connectivity index (χ0n) is 14.7. The van der Waals surface area contributed by atoms with Crippen molar-refractivity contribution in [3.8, 4) is 11.5 Å². The summed E-state index contributed by atoms with van der Waals surface area (Å²) in [6.07, 6.45) is 1.38. The van der Waals surface area contributed by atoms with Gasteiger partial charge in [0, 0.05) is 0 Å². The van der Waals surface area contributed by atoms with Crippen LogP contribution in [0.2, 0.25) is 0 Å². The van der Waals surface area contributed by atoms with Crippen LogP contribution in [0.3, 0.4) is 0 Å². The van der Waals surface area contributed by atoms with Crippen molar-refractivity contribution in [2.75, 3.05) is 26.9 Å². The van der Waals surface area contributed by atoms with E-state index in [2.05, 4.69) is 10.1 Å². The first-order valence-corrected chi connectivity index (χ1v) is 7.88. The van der Waals surface area contributed by atoms with Gasteiger partial charge in [-0.1, -0.05) is 6.07 Å². The van der Waals surface area contributed by atoms with Crippen LogP contribution in [0, 0.1) is 0 Å². The average molecular weight is 378 g/mol. The average Bonchev–Trinajstić information content (AvgIpc) is 2.88. The molecular formula is C17H18N2O8. The number of ether oxygens (including phenoxy) is 3. The molecule has 1 saturated heterocycles. The molecule has 2 rings (SSSR count). The van der Waals surface area contributed by atoms with Gasteiger partial charge in [-0.15, -0.1) is 0 Å². The molecule has 1 heterocycles. The monoisotopic (exact) mass is 378 g/mol. The third kappa shape index (κ3) is 4.97. The van der Waals surface area contributed by atoms with Crippen LogP contribution in [0.5, 0.6) is 11.5 Å². The summed E-state index contributed by atoms with van der Waals surface area (Å²) in [6.45, 7) is 1.07. The van der Waals surface area contributed by atoms with Crippen LogP contribution in [0.15, 0.2) is 23.9 Å². The summed E-state index contributed by atoms with van der Waals surface area (Å²) in [5, 5.41) is 11.1. The number of imide groups is 1. The van der Waals surface area contributed by atoms with E-state index in [4.69, 9.17) is 14.6 Å². The molecule has 1 aromatic rings. The van der Waals surface area contributed by atoms with Gasteiger partial charge in [0.05, 0.1) is 13.7 Å². The van der Waals surface area contributed by atoms with Crippen molar-refractivity contribution in [3.63, 3.8) is 0 Å². The lowest BCUT2D eigenvalue weighted by Gasteiger charge is -2.12. The summed E-state index contributed by atoms with van der Waals surface area (Å²) >= 11 is 0. The number of carboxylic acid groups (broad SMARTS) is 1. The first kappa shape index (κ1) is 19.8. The molecule has 0 spiro atoms. The van der Waals surface area contributed by atoms with Crippen molar-refractivity contribution >= 4 is 30.0 Å². The number of hydrogen-bond acceptors (Lipinski definition) is 7. The first-order valence-electron chi connectivity index (χ1n) is 7.88. The minimum atomic E-state index is -1.30. The number of carbonyl (C=O) groups is 4. The minimum Gasteiger partial charge on any atom is -0.490 e. The molecule has 0 aromatic heterocycles. The summed E-state index contributed by atoms with van der Waals surface area (Å²) < 4.78 is 15.3. The van der Waals surface area contributed by atoms with E-state index in [0.29, 0.717) is 28.6 Å². The number of nitrogens with zero attached hydrogens (tertiary/aromatic N) is 1. The van der Waals surface area contributed by atoms with E-state index in [9.17, 15) is 19.2 Å². The SMILES string of the molecule is CCOc1cc(/C=C2/NC(=O)N(CC(=O)O)C2=O)ccc1OCC(=O)OC. The molecule has 3 amide bonds. The molecule has 10 heteroatoms. The second-order valence-corrected chi connectivity index (χ2v) is 5.28. The summed E-state index contributed by atoms with van der Waals surface area (Å²) in [4.78, 5) is 46.4. The number of urea groups is 1. The van der Waals surface area contributed by atoms with Crippen LogP contribution in [-0.4, -0.2) is 60.8 Å². The van der Waals surface area contributed by atoms with E-state index < -0.39 is 30.4 Å². The fourth-order valence-corrected chi connectivity index (χ4v) is 2.21. The van der Waals surface area contributed by atoms with E-state index in [0.717, 1.165) is 0 Å². The van der Waals surface area contributed by atoms with Gasteiger partial charge in [0.25, 0.3) is 5.91 Å². The minimum absolute atomic E-state index is 0.0630. The molecule has 0 radical (unpaired) electrons. The third-order valence-electron chi connectivity index (χ3n) is 3.41. The summed E-state index contributed by atoms with van der Waals surface area (Å²) in [5.41, 5.74) is 0.441. The van der Waals surface area contributed by atoms with Gasteiger partial charge in [-0.3, -0.25) is 9.59 Å². The van der Waals surface area contributed by atoms with Crippen LogP contribution in [0.25, 0.3) is 6.08 Å². The summed E-state index contributed by atoms with van der Waals surface area (Å²) in [6, 6.07) is 3.87. The molecule has 1 aromatic carbocycles. The smallest absolute Gasteiger partial charge is 0.343 e. The van der Waals surface area contributed by atoms with E-state index in [1.165, 1.54) is 19.3 Å². The molecule has 10 nitrogen and oxygen atoms in total. The molecule has 0 saturated carbocycles. The fourth-order valence-electron chi connectivity index (χ4n) is 2.21. The van der Waals surface area contributed by atoms with E-state index in [-0.39, 0.29) is 12.3 Å². The number of aliphatic carboxylic acids is 1. The van der Waals surface area contributed by atoms with Crippen molar-refractivity contribution < 1.29 is 38.5 Å². The molecule has 144 valence electrons. The van der Waals surface area contributed by atoms with Gasteiger partial charge in [0.2, 0.25) is 0 Å². The molecule has 1 fully saturated rings. The maximum Gasteiger partial charge on any atom is 0.343 e. The molecular weight excluding hydrogens is 360 g/mol. The van der Waals surface area contributed by atoms with Gasteiger partial charge < -0.3 is 24.6 Å². The van der Waals surface area contributed by atoms with E-state index in [1.807, 2.05) is 0 Å². The van der Waals surface area contributed by atoms with Crippen LogP contribution in [0.1, 0.15) is 12.5 Å². The maximum atomic E-state index is 12.1. The normalized spacial score (nSPS) is 14.9. The standard InChI is InChI=1S/C17H18N2O8/c1-3-26-13-7-10(4-5-12(13)27-9-15(22)25-2)6-11-16(23)19(8-14(20)21)17(24)18-11/h4-7H,3,8-9H2,1-2H3,(H,18,24)(H,20,21)/b11-6+. The largest absolute Gasteiger partial charge is 0.490 e. The van der Waals surface area contributed by atoms with Crippen LogP contribution in [0.4, 0.5) is 4.79 Å². The molecule has 0 unspecified atom stereocenters. The van der Waals surface area contributed by atoms with Crippen LogP contribution in [-0.2, 0) is 19.1 Å². The molecule has 0 atom stereocenters. The lowest BCUT2D eigenvalue weighted by Crippen LogP contribution is -2.35. The van der Waals surface area contributed by atoms with Crippen LogP contribution < -0.4 is 14.8 Å². The number of amides is 3. The zero-order valence-corrected chi connectivity index (χ0v) is 14.7. The number of benzene rings is 1. The van der Waals surface area contributed by atoms with E-state index in [1.54, 1.807) is 19.1 Å².